The van der Waals surface area contributed by atoms with Crippen molar-refractivity contribution in [1.82, 2.24) is 15.0 Å². The Balaban J connectivity index is 2.08. The molecule has 2 N–H and O–H groups in total. The smallest absolute Gasteiger partial charge is 0.253 e. The van der Waals surface area contributed by atoms with E-state index in [4.69, 9.17) is 0 Å². The lowest BCUT2D eigenvalue weighted by Gasteiger charge is -2.03. The molecule has 0 radical (unpaired) electrons. The summed E-state index contributed by atoms with van der Waals surface area (Å²) in [7, 11) is 0. The average Bonchev–Trinajstić information content (AvgIpc) is 2.70. The van der Waals surface area contributed by atoms with E-state index < -0.39 is 0 Å². The second-order valence-electron chi connectivity index (χ2n) is 3.80. The van der Waals surface area contributed by atoms with Crippen LogP contribution in [0.15, 0.2) is 17.3 Å². The van der Waals surface area contributed by atoms with Gasteiger partial charge in [0.05, 0.1) is 18.4 Å². The third kappa shape index (κ3) is 2.80. The Morgan fingerprint density at radius 2 is 2.22 bits per heavy atom. The summed E-state index contributed by atoms with van der Waals surface area (Å²) in [5.74, 6) is -0.231. The van der Waals surface area contributed by atoms with E-state index in [0.717, 1.165) is 4.88 Å². The van der Waals surface area contributed by atoms with Gasteiger partial charge in [0, 0.05) is 16.6 Å². The van der Waals surface area contributed by atoms with Crippen LogP contribution in [0.1, 0.15) is 16.1 Å². The standard InChI is InChI=1S/C11H12N4O2S/c1-6-4-12-11(18-6)15-9(16)3-8-7(2)10(17)14-5-13-8/h4-5H,3H2,1-2H3,(H,12,15,16)(H,13,14,17). The van der Waals surface area contributed by atoms with E-state index in [1.807, 2.05) is 6.92 Å². The summed E-state index contributed by atoms with van der Waals surface area (Å²) in [5.41, 5.74) is 0.713. The molecule has 0 aliphatic carbocycles. The van der Waals surface area contributed by atoms with Crippen molar-refractivity contribution >= 4 is 22.4 Å². The summed E-state index contributed by atoms with van der Waals surface area (Å²) in [6.45, 7) is 3.55. The molecule has 18 heavy (non-hydrogen) atoms. The van der Waals surface area contributed by atoms with Gasteiger partial charge >= 0.3 is 0 Å². The molecule has 0 spiro atoms. The predicted octanol–water partition coefficient (Wildman–Crippen LogP) is 1.02. The fourth-order valence-corrected chi connectivity index (χ4v) is 2.09. The highest BCUT2D eigenvalue weighted by Crippen LogP contribution is 2.16. The molecule has 6 nitrogen and oxygen atoms in total. The Labute approximate surface area is 107 Å². The number of nitrogens with zero attached hydrogens (tertiary/aromatic N) is 2. The van der Waals surface area contributed by atoms with Gasteiger partial charge in [-0.15, -0.1) is 11.3 Å². The summed E-state index contributed by atoms with van der Waals surface area (Å²) >= 11 is 1.40. The molecule has 2 aromatic rings. The first kappa shape index (κ1) is 12.4. The van der Waals surface area contributed by atoms with Crippen LogP contribution in [-0.4, -0.2) is 20.9 Å². The van der Waals surface area contributed by atoms with E-state index in [0.29, 0.717) is 16.4 Å². The first-order chi connectivity index (χ1) is 8.56. The van der Waals surface area contributed by atoms with Crippen molar-refractivity contribution in [3.05, 3.63) is 39.0 Å². The number of hydrogen-bond donors (Lipinski definition) is 2. The number of hydrogen-bond acceptors (Lipinski definition) is 5. The fourth-order valence-electron chi connectivity index (χ4n) is 1.41. The van der Waals surface area contributed by atoms with Gasteiger partial charge in [-0.1, -0.05) is 0 Å². The van der Waals surface area contributed by atoms with Crippen molar-refractivity contribution in [1.29, 1.82) is 0 Å². The minimum atomic E-state index is -0.231. The maximum Gasteiger partial charge on any atom is 0.253 e. The molecule has 0 aromatic carbocycles. The summed E-state index contributed by atoms with van der Waals surface area (Å²) in [6, 6.07) is 0. The van der Waals surface area contributed by atoms with Gasteiger partial charge in [0.25, 0.3) is 5.56 Å². The molecule has 0 aliphatic heterocycles. The lowest BCUT2D eigenvalue weighted by molar-refractivity contribution is -0.115. The third-order valence-electron chi connectivity index (χ3n) is 2.39. The van der Waals surface area contributed by atoms with Gasteiger partial charge in [-0.25, -0.2) is 9.97 Å². The van der Waals surface area contributed by atoms with E-state index >= 15 is 0 Å². The third-order valence-corrected chi connectivity index (χ3v) is 3.21. The van der Waals surface area contributed by atoms with Crippen molar-refractivity contribution in [2.75, 3.05) is 5.32 Å². The zero-order chi connectivity index (χ0) is 13.1. The van der Waals surface area contributed by atoms with Crippen LogP contribution in [-0.2, 0) is 11.2 Å². The van der Waals surface area contributed by atoms with Crippen molar-refractivity contribution in [3.63, 3.8) is 0 Å². The van der Waals surface area contributed by atoms with E-state index in [1.165, 1.54) is 17.7 Å². The van der Waals surface area contributed by atoms with Crippen molar-refractivity contribution < 1.29 is 4.79 Å². The Morgan fingerprint density at radius 1 is 1.44 bits per heavy atom. The van der Waals surface area contributed by atoms with E-state index in [9.17, 15) is 9.59 Å². The molecule has 1 amide bonds. The van der Waals surface area contributed by atoms with Crippen molar-refractivity contribution in [2.24, 2.45) is 0 Å². The van der Waals surface area contributed by atoms with Crippen molar-refractivity contribution in [2.45, 2.75) is 20.3 Å². The number of amides is 1. The second kappa shape index (κ2) is 5.09. The van der Waals surface area contributed by atoms with Gasteiger partial charge in [-0.2, -0.15) is 0 Å². The minimum absolute atomic E-state index is 0.0639. The van der Waals surface area contributed by atoms with Crippen LogP contribution >= 0.6 is 11.3 Å². The quantitative estimate of drug-likeness (QED) is 0.866. The molecule has 0 fully saturated rings. The van der Waals surface area contributed by atoms with Crippen LogP contribution in [0.2, 0.25) is 0 Å². The molecule has 0 unspecified atom stereocenters. The van der Waals surface area contributed by atoms with E-state index in [1.54, 1.807) is 13.1 Å². The van der Waals surface area contributed by atoms with Crippen LogP contribution in [0.3, 0.4) is 0 Å². The number of thiazole rings is 1. The van der Waals surface area contributed by atoms with Crippen LogP contribution < -0.4 is 10.9 Å². The van der Waals surface area contributed by atoms with Gasteiger partial charge in [0.1, 0.15) is 0 Å². The molecule has 0 aliphatic rings. The second-order valence-corrected chi connectivity index (χ2v) is 5.04. The molecule has 94 valence electrons. The van der Waals surface area contributed by atoms with Crippen LogP contribution in [0, 0.1) is 13.8 Å². The van der Waals surface area contributed by atoms with Gasteiger partial charge in [0.15, 0.2) is 5.13 Å². The number of nitrogens with one attached hydrogen (secondary N) is 2. The Hall–Kier alpha value is -2.02. The number of carbonyl (C=O) groups is 1. The number of H-pyrrole nitrogens is 1. The number of aromatic nitrogens is 3. The molecule has 7 heteroatoms. The minimum Gasteiger partial charge on any atom is -0.313 e. The molecular formula is C11H12N4O2S. The van der Waals surface area contributed by atoms with Crippen LogP contribution in [0.25, 0.3) is 0 Å². The zero-order valence-electron chi connectivity index (χ0n) is 9.98. The van der Waals surface area contributed by atoms with E-state index in [2.05, 4.69) is 20.3 Å². The van der Waals surface area contributed by atoms with Gasteiger partial charge in [-0.3, -0.25) is 9.59 Å². The Kier molecular flexibility index (Phi) is 3.52. The first-order valence-corrected chi connectivity index (χ1v) is 6.13. The van der Waals surface area contributed by atoms with Gasteiger partial charge < -0.3 is 10.3 Å². The number of aromatic amines is 1. The summed E-state index contributed by atoms with van der Waals surface area (Å²) in [5, 5.41) is 3.23. The summed E-state index contributed by atoms with van der Waals surface area (Å²) in [6.07, 6.45) is 3.05. The highest BCUT2D eigenvalue weighted by atomic mass is 32.1. The molecule has 2 aromatic heterocycles. The summed E-state index contributed by atoms with van der Waals surface area (Å²) < 4.78 is 0. The molecule has 2 rings (SSSR count). The molecule has 0 atom stereocenters. The number of anilines is 1. The highest BCUT2D eigenvalue weighted by molar-refractivity contribution is 7.15. The van der Waals surface area contributed by atoms with Gasteiger partial charge in [0.2, 0.25) is 5.91 Å². The Morgan fingerprint density at radius 3 is 2.89 bits per heavy atom. The largest absolute Gasteiger partial charge is 0.313 e. The van der Waals surface area contributed by atoms with Crippen LogP contribution in [0.5, 0.6) is 0 Å². The predicted molar refractivity (Wildman–Crippen MR) is 68.8 cm³/mol. The lowest BCUT2D eigenvalue weighted by atomic mass is 10.2. The molecule has 0 saturated carbocycles. The number of rotatable bonds is 3. The first-order valence-electron chi connectivity index (χ1n) is 5.31. The van der Waals surface area contributed by atoms with Gasteiger partial charge in [-0.05, 0) is 13.8 Å². The highest BCUT2D eigenvalue weighted by Gasteiger charge is 2.10. The van der Waals surface area contributed by atoms with E-state index in [-0.39, 0.29) is 17.9 Å². The summed E-state index contributed by atoms with van der Waals surface area (Å²) in [4.78, 5) is 34.6. The maximum absolute atomic E-state index is 11.8. The molecule has 0 saturated heterocycles. The normalized spacial score (nSPS) is 10.3. The fraction of sp³-hybridized carbons (Fsp3) is 0.273. The zero-order valence-corrected chi connectivity index (χ0v) is 10.8. The Bertz CT molecular complexity index is 632. The van der Waals surface area contributed by atoms with Crippen molar-refractivity contribution in [3.8, 4) is 0 Å². The molecule has 2 heterocycles. The lowest BCUT2D eigenvalue weighted by Crippen LogP contribution is -2.20. The maximum atomic E-state index is 11.8. The average molecular weight is 264 g/mol. The topological polar surface area (TPSA) is 87.7 Å². The monoisotopic (exact) mass is 264 g/mol. The number of carbonyl (C=O) groups excluding carboxylic acids is 1. The molecule has 0 bridgehead atoms. The SMILES string of the molecule is Cc1cnc(NC(=O)Cc2nc[nH]c(=O)c2C)s1. The number of aryl methyl sites for hydroxylation is 1. The van der Waals surface area contributed by atoms with Crippen LogP contribution in [0.4, 0.5) is 5.13 Å². The molecular weight excluding hydrogens is 252 g/mol.